The lowest BCUT2D eigenvalue weighted by Crippen LogP contribution is -2.36. The normalized spacial score (nSPS) is 20.2. The number of amides is 1. The van der Waals surface area contributed by atoms with Crippen LogP contribution >= 0.6 is 0 Å². The van der Waals surface area contributed by atoms with Crippen LogP contribution in [0.1, 0.15) is 63.3 Å². The third kappa shape index (κ3) is 3.67. The smallest absolute Gasteiger partial charge is 0.241 e. The molecule has 160 valence electrons. The van der Waals surface area contributed by atoms with Gasteiger partial charge in [-0.3, -0.25) is 4.79 Å². The summed E-state index contributed by atoms with van der Waals surface area (Å²) in [5.74, 6) is -0.0439. The maximum atomic E-state index is 13.3. The van der Waals surface area contributed by atoms with Crippen LogP contribution in [0, 0.1) is 5.92 Å². The van der Waals surface area contributed by atoms with E-state index in [4.69, 9.17) is 0 Å². The molecule has 0 saturated heterocycles. The molecule has 1 aliphatic heterocycles. The average molecular weight is 427 g/mol. The minimum atomic E-state index is -3.68. The first kappa shape index (κ1) is 21.1. The molecule has 4 rings (SSSR count). The molecule has 2 aromatic carbocycles. The van der Waals surface area contributed by atoms with Gasteiger partial charge in [0.25, 0.3) is 0 Å². The standard InChI is InChI=1S/C24H30N2O3S/c1-16(2)23(27)26-15-24(3,4)20-14-18(12-13-22(20)26)30(28,29)25-21-11-7-9-17-8-5-6-10-19(17)21/h5-6,8,10,12-14,16,21,25H,7,9,11,15H2,1-4H3/t21-/m0/s1. The number of sulfonamides is 1. The predicted molar refractivity (Wildman–Crippen MR) is 119 cm³/mol. The maximum Gasteiger partial charge on any atom is 0.241 e. The maximum absolute atomic E-state index is 13.3. The van der Waals surface area contributed by atoms with E-state index in [1.165, 1.54) is 5.56 Å². The number of nitrogens with zero attached hydrogens (tertiary/aromatic N) is 1. The second-order valence-corrected chi connectivity index (χ2v) is 11.1. The van der Waals surface area contributed by atoms with Crippen molar-refractivity contribution in [2.45, 2.75) is 63.3 Å². The lowest BCUT2D eigenvalue weighted by molar-refractivity contribution is -0.121. The zero-order valence-electron chi connectivity index (χ0n) is 18.1. The molecule has 0 spiro atoms. The molecule has 1 heterocycles. The van der Waals surface area contributed by atoms with Gasteiger partial charge in [0.05, 0.1) is 4.90 Å². The zero-order chi connectivity index (χ0) is 21.7. The van der Waals surface area contributed by atoms with E-state index in [0.717, 1.165) is 36.1 Å². The van der Waals surface area contributed by atoms with E-state index in [0.29, 0.717) is 6.54 Å². The van der Waals surface area contributed by atoms with Crippen LogP contribution in [0.2, 0.25) is 0 Å². The molecular formula is C24H30N2O3S. The first-order valence-electron chi connectivity index (χ1n) is 10.7. The monoisotopic (exact) mass is 426 g/mol. The van der Waals surface area contributed by atoms with Crippen LogP contribution in [0.4, 0.5) is 5.69 Å². The molecule has 30 heavy (non-hydrogen) atoms. The Balaban J connectivity index is 1.67. The molecule has 0 unspecified atom stereocenters. The van der Waals surface area contributed by atoms with Crippen LogP contribution in [0.15, 0.2) is 47.4 Å². The summed E-state index contributed by atoms with van der Waals surface area (Å²) < 4.78 is 29.4. The van der Waals surface area contributed by atoms with Crippen molar-refractivity contribution in [1.29, 1.82) is 0 Å². The van der Waals surface area contributed by atoms with Gasteiger partial charge in [0, 0.05) is 29.6 Å². The number of carbonyl (C=O) groups excluding carboxylic acids is 1. The van der Waals surface area contributed by atoms with Crippen LogP contribution in [-0.2, 0) is 26.7 Å². The highest BCUT2D eigenvalue weighted by molar-refractivity contribution is 7.89. The van der Waals surface area contributed by atoms with Gasteiger partial charge in [0.1, 0.15) is 0 Å². The minimum Gasteiger partial charge on any atom is -0.311 e. The van der Waals surface area contributed by atoms with Crippen LogP contribution in [0.5, 0.6) is 0 Å². The van der Waals surface area contributed by atoms with Gasteiger partial charge >= 0.3 is 0 Å². The van der Waals surface area contributed by atoms with Crippen molar-refractivity contribution in [3.05, 3.63) is 59.2 Å². The Bertz CT molecular complexity index is 1090. The Labute approximate surface area is 179 Å². The van der Waals surface area contributed by atoms with Crippen LogP contribution < -0.4 is 9.62 Å². The molecule has 1 N–H and O–H groups in total. The van der Waals surface area contributed by atoms with E-state index >= 15 is 0 Å². The van der Waals surface area contributed by atoms with Gasteiger partial charge in [-0.1, -0.05) is 52.0 Å². The second-order valence-electron chi connectivity index (χ2n) is 9.41. The number of anilines is 1. The summed E-state index contributed by atoms with van der Waals surface area (Å²) in [6.07, 6.45) is 2.75. The van der Waals surface area contributed by atoms with E-state index in [1.54, 1.807) is 23.1 Å². The van der Waals surface area contributed by atoms with Gasteiger partial charge < -0.3 is 4.90 Å². The van der Waals surface area contributed by atoms with Gasteiger partial charge in [0.2, 0.25) is 15.9 Å². The lowest BCUT2D eigenvalue weighted by atomic mass is 9.87. The van der Waals surface area contributed by atoms with E-state index in [1.807, 2.05) is 32.0 Å². The predicted octanol–water partition coefficient (Wildman–Crippen LogP) is 4.32. The molecule has 1 atom stereocenters. The van der Waals surface area contributed by atoms with Gasteiger partial charge in [-0.15, -0.1) is 0 Å². The van der Waals surface area contributed by atoms with Gasteiger partial charge in [-0.2, -0.15) is 0 Å². The molecule has 6 heteroatoms. The summed E-state index contributed by atoms with van der Waals surface area (Å²) in [7, 11) is -3.68. The Morgan fingerprint density at radius 2 is 1.90 bits per heavy atom. The van der Waals surface area contributed by atoms with Crippen molar-refractivity contribution in [3.63, 3.8) is 0 Å². The average Bonchev–Trinajstić information content (AvgIpc) is 2.98. The number of rotatable bonds is 4. The number of hydrogen-bond acceptors (Lipinski definition) is 3. The van der Waals surface area contributed by atoms with Gasteiger partial charge in [0.15, 0.2) is 0 Å². The quantitative estimate of drug-likeness (QED) is 0.792. The highest BCUT2D eigenvalue weighted by atomic mass is 32.2. The number of nitrogens with one attached hydrogen (secondary N) is 1. The van der Waals surface area contributed by atoms with Crippen LogP contribution in [0.3, 0.4) is 0 Å². The van der Waals surface area contributed by atoms with Crippen LogP contribution in [0.25, 0.3) is 0 Å². The highest BCUT2D eigenvalue weighted by Gasteiger charge is 2.39. The van der Waals surface area contributed by atoms with E-state index in [9.17, 15) is 13.2 Å². The van der Waals surface area contributed by atoms with Crippen molar-refractivity contribution in [3.8, 4) is 0 Å². The molecule has 0 radical (unpaired) electrons. The van der Waals surface area contributed by atoms with Crippen LogP contribution in [-0.4, -0.2) is 20.9 Å². The molecule has 1 aliphatic carbocycles. The fraction of sp³-hybridized carbons (Fsp3) is 0.458. The van der Waals surface area contributed by atoms with E-state index in [2.05, 4.69) is 24.6 Å². The lowest BCUT2D eigenvalue weighted by Gasteiger charge is -2.26. The summed E-state index contributed by atoms with van der Waals surface area (Å²) in [6.45, 7) is 8.45. The summed E-state index contributed by atoms with van der Waals surface area (Å²) >= 11 is 0. The molecule has 2 aliphatic rings. The summed E-state index contributed by atoms with van der Waals surface area (Å²) in [5, 5.41) is 0. The second kappa shape index (κ2) is 7.50. The number of hydrogen-bond donors (Lipinski definition) is 1. The Morgan fingerprint density at radius 3 is 2.63 bits per heavy atom. The molecular weight excluding hydrogens is 396 g/mol. The summed E-state index contributed by atoms with van der Waals surface area (Å²) in [4.78, 5) is 14.7. The Morgan fingerprint density at radius 1 is 1.17 bits per heavy atom. The van der Waals surface area contributed by atoms with E-state index in [-0.39, 0.29) is 28.2 Å². The molecule has 0 aromatic heterocycles. The van der Waals surface area contributed by atoms with Crippen molar-refractivity contribution < 1.29 is 13.2 Å². The largest absolute Gasteiger partial charge is 0.311 e. The third-order valence-electron chi connectivity index (χ3n) is 6.28. The zero-order valence-corrected chi connectivity index (χ0v) is 18.9. The van der Waals surface area contributed by atoms with Crippen molar-refractivity contribution >= 4 is 21.6 Å². The number of carbonyl (C=O) groups is 1. The fourth-order valence-electron chi connectivity index (χ4n) is 4.67. The van der Waals surface area contributed by atoms with Crippen molar-refractivity contribution in [2.24, 2.45) is 5.92 Å². The number of aryl methyl sites for hydroxylation is 1. The Hall–Kier alpha value is -2.18. The molecule has 1 amide bonds. The molecule has 0 fully saturated rings. The SMILES string of the molecule is CC(C)C(=O)N1CC(C)(C)c2cc(S(=O)(=O)N[C@H]3CCCc4ccccc43)ccc21. The first-order chi connectivity index (χ1) is 14.1. The molecule has 0 bridgehead atoms. The Kier molecular flexibility index (Phi) is 5.27. The minimum absolute atomic E-state index is 0.0642. The number of benzene rings is 2. The highest BCUT2D eigenvalue weighted by Crippen LogP contribution is 2.42. The molecule has 5 nitrogen and oxygen atoms in total. The van der Waals surface area contributed by atoms with Gasteiger partial charge in [-0.25, -0.2) is 13.1 Å². The topological polar surface area (TPSA) is 66.5 Å². The third-order valence-corrected chi connectivity index (χ3v) is 7.75. The molecule has 0 saturated carbocycles. The fourth-order valence-corrected chi connectivity index (χ4v) is 5.94. The number of fused-ring (bicyclic) bond motifs is 2. The summed E-state index contributed by atoms with van der Waals surface area (Å²) in [5.41, 5.74) is 3.71. The van der Waals surface area contributed by atoms with Crippen molar-refractivity contribution in [2.75, 3.05) is 11.4 Å². The first-order valence-corrected chi connectivity index (χ1v) is 12.1. The summed E-state index contributed by atoms with van der Waals surface area (Å²) in [6, 6.07) is 13.0. The molecule has 2 aromatic rings. The van der Waals surface area contributed by atoms with E-state index < -0.39 is 10.0 Å². The van der Waals surface area contributed by atoms with Gasteiger partial charge in [-0.05, 0) is 54.2 Å². The van der Waals surface area contributed by atoms with Crippen molar-refractivity contribution in [1.82, 2.24) is 4.72 Å².